The van der Waals surface area contributed by atoms with Crippen molar-refractivity contribution in [2.75, 3.05) is 13.1 Å². The highest BCUT2D eigenvalue weighted by Crippen LogP contribution is 2.30. The maximum Gasteiger partial charge on any atom is 0.309 e. The molecule has 1 aliphatic rings. The van der Waals surface area contributed by atoms with Crippen molar-refractivity contribution in [3.8, 4) is 0 Å². The smallest absolute Gasteiger partial charge is 0.309 e. The second-order valence-electron chi connectivity index (χ2n) is 4.58. The molecule has 0 aliphatic carbocycles. The third kappa shape index (κ3) is 3.44. The van der Waals surface area contributed by atoms with Gasteiger partial charge in [0.2, 0.25) is 5.91 Å². The lowest BCUT2D eigenvalue weighted by Gasteiger charge is -2.35. The minimum atomic E-state index is -0.769. The summed E-state index contributed by atoms with van der Waals surface area (Å²) in [4.78, 5) is 24.4. The van der Waals surface area contributed by atoms with E-state index >= 15 is 0 Å². The number of hydrogen-bond acceptors (Lipinski definition) is 2. The summed E-state index contributed by atoms with van der Waals surface area (Å²) < 4.78 is 0. The van der Waals surface area contributed by atoms with Gasteiger partial charge in [-0.25, -0.2) is 0 Å². The fraction of sp³-hybridized carbons (Fsp3) is 0.538. The average molecular weight is 237 g/mol. The summed E-state index contributed by atoms with van der Waals surface area (Å²) in [7, 11) is 0. The van der Waals surface area contributed by atoms with Crippen LogP contribution in [0.25, 0.3) is 0 Å². The average Bonchev–Trinajstić information content (AvgIpc) is 2.30. The zero-order valence-corrected chi connectivity index (χ0v) is 10.3. The molecule has 1 saturated heterocycles. The van der Waals surface area contributed by atoms with Gasteiger partial charge < -0.3 is 10.0 Å². The van der Waals surface area contributed by atoms with Crippen molar-refractivity contribution in [2.45, 2.75) is 26.7 Å². The number of carbonyl (C=O) groups excluding carboxylic acids is 1. The van der Waals surface area contributed by atoms with Gasteiger partial charge in [0.15, 0.2) is 0 Å². The van der Waals surface area contributed by atoms with Crippen LogP contribution in [0.2, 0.25) is 0 Å². The first-order chi connectivity index (χ1) is 7.99. The zero-order chi connectivity index (χ0) is 12.9. The van der Waals surface area contributed by atoms with E-state index in [1.54, 1.807) is 24.0 Å². The molecule has 0 aromatic rings. The maximum atomic E-state index is 11.7. The number of allylic oxidation sites excluding steroid dienone is 3. The molecule has 17 heavy (non-hydrogen) atoms. The van der Waals surface area contributed by atoms with Crippen LogP contribution < -0.4 is 0 Å². The molecule has 0 bridgehead atoms. The molecule has 1 amide bonds. The number of piperidine rings is 1. The van der Waals surface area contributed by atoms with E-state index in [1.807, 2.05) is 13.0 Å². The van der Waals surface area contributed by atoms with Crippen LogP contribution in [0.15, 0.2) is 24.3 Å². The number of hydrogen-bond donors (Lipinski definition) is 1. The minimum absolute atomic E-state index is 0.0458. The van der Waals surface area contributed by atoms with Crippen molar-refractivity contribution in [1.29, 1.82) is 0 Å². The van der Waals surface area contributed by atoms with Crippen LogP contribution in [0.5, 0.6) is 0 Å². The van der Waals surface area contributed by atoms with E-state index in [4.69, 9.17) is 5.11 Å². The summed E-state index contributed by atoms with van der Waals surface area (Å²) in [6.07, 6.45) is 7.90. The second-order valence-corrected chi connectivity index (χ2v) is 4.58. The monoisotopic (exact) mass is 237 g/mol. The normalized spacial score (nSPS) is 20.0. The molecule has 0 spiro atoms. The molecular weight excluding hydrogens is 218 g/mol. The number of nitrogens with zero attached hydrogens (tertiary/aromatic N) is 1. The highest BCUT2D eigenvalue weighted by atomic mass is 16.4. The molecule has 0 unspecified atom stereocenters. The molecule has 1 aliphatic heterocycles. The summed E-state index contributed by atoms with van der Waals surface area (Å²) >= 11 is 0. The zero-order valence-electron chi connectivity index (χ0n) is 10.3. The molecule has 1 rings (SSSR count). The summed E-state index contributed by atoms with van der Waals surface area (Å²) in [5.74, 6) is -0.815. The third-order valence-corrected chi connectivity index (χ3v) is 3.24. The van der Waals surface area contributed by atoms with Crippen LogP contribution >= 0.6 is 0 Å². The van der Waals surface area contributed by atoms with Crippen molar-refractivity contribution >= 4 is 11.9 Å². The fourth-order valence-electron chi connectivity index (χ4n) is 1.79. The molecule has 4 nitrogen and oxygen atoms in total. The number of carbonyl (C=O) groups is 2. The molecule has 94 valence electrons. The Morgan fingerprint density at radius 3 is 2.29 bits per heavy atom. The first kappa shape index (κ1) is 13.5. The fourth-order valence-corrected chi connectivity index (χ4v) is 1.79. The topological polar surface area (TPSA) is 57.6 Å². The summed E-state index contributed by atoms with van der Waals surface area (Å²) in [6, 6.07) is 0. The van der Waals surface area contributed by atoms with Crippen LogP contribution in [0.4, 0.5) is 0 Å². The van der Waals surface area contributed by atoms with Crippen LogP contribution in [0.1, 0.15) is 26.7 Å². The highest BCUT2D eigenvalue weighted by molar-refractivity contribution is 5.88. The lowest BCUT2D eigenvalue weighted by atomic mass is 9.80. The van der Waals surface area contributed by atoms with Crippen LogP contribution in [-0.4, -0.2) is 35.0 Å². The summed E-state index contributed by atoms with van der Waals surface area (Å²) in [5, 5.41) is 9.07. The molecule has 0 saturated carbocycles. The Labute approximate surface area is 102 Å². The van der Waals surface area contributed by atoms with Crippen LogP contribution in [0.3, 0.4) is 0 Å². The molecule has 4 heteroatoms. The van der Waals surface area contributed by atoms with Gasteiger partial charge in [-0.15, -0.1) is 0 Å². The number of amides is 1. The Morgan fingerprint density at radius 1 is 1.24 bits per heavy atom. The molecule has 0 aromatic heterocycles. The Balaban J connectivity index is 2.52. The molecule has 1 heterocycles. The Kier molecular flexibility index (Phi) is 4.49. The Hall–Kier alpha value is -1.58. The number of likely N-dealkylation sites (tertiary alicyclic amines) is 1. The molecule has 0 aromatic carbocycles. The van der Waals surface area contributed by atoms with Crippen molar-refractivity contribution in [2.24, 2.45) is 5.41 Å². The van der Waals surface area contributed by atoms with Crippen molar-refractivity contribution in [3.63, 3.8) is 0 Å². The highest BCUT2D eigenvalue weighted by Gasteiger charge is 2.37. The molecule has 0 atom stereocenters. The van der Waals surface area contributed by atoms with Gasteiger partial charge in [-0.2, -0.15) is 0 Å². The largest absolute Gasteiger partial charge is 0.481 e. The summed E-state index contributed by atoms with van der Waals surface area (Å²) in [6.45, 7) is 4.66. The first-order valence-corrected chi connectivity index (χ1v) is 5.81. The summed E-state index contributed by atoms with van der Waals surface area (Å²) in [5.41, 5.74) is -0.677. The van der Waals surface area contributed by atoms with E-state index in [2.05, 4.69) is 0 Å². The predicted molar refractivity (Wildman–Crippen MR) is 65.5 cm³/mol. The third-order valence-electron chi connectivity index (χ3n) is 3.24. The lowest BCUT2D eigenvalue weighted by Crippen LogP contribution is -2.44. The number of carboxylic acids is 1. The van der Waals surface area contributed by atoms with E-state index in [0.717, 1.165) is 0 Å². The van der Waals surface area contributed by atoms with Gasteiger partial charge in [-0.1, -0.05) is 18.2 Å². The van der Waals surface area contributed by atoms with Gasteiger partial charge >= 0.3 is 5.97 Å². The van der Waals surface area contributed by atoms with Crippen molar-refractivity contribution in [1.82, 2.24) is 4.90 Å². The molecule has 1 N–H and O–H groups in total. The lowest BCUT2D eigenvalue weighted by molar-refractivity contribution is -0.152. The minimum Gasteiger partial charge on any atom is -0.481 e. The van der Waals surface area contributed by atoms with Gasteiger partial charge in [0, 0.05) is 19.2 Å². The van der Waals surface area contributed by atoms with E-state index in [-0.39, 0.29) is 5.91 Å². The standard InChI is InChI=1S/C13H19NO3/c1-3-4-5-6-11(15)14-9-7-13(2,8-10-14)12(16)17/h3-6H,7-10H2,1-2H3,(H,16,17). The van der Waals surface area contributed by atoms with Gasteiger partial charge in [-0.3, -0.25) is 9.59 Å². The maximum absolute atomic E-state index is 11.7. The Morgan fingerprint density at radius 2 is 1.82 bits per heavy atom. The van der Waals surface area contributed by atoms with E-state index in [1.165, 1.54) is 6.08 Å². The number of rotatable bonds is 3. The van der Waals surface area contributed by atoms with Crippen molar-refractivity contribution in [3.05, 3.63) is 24.3 Å². The van der Waals surface area contributed by atoms with E-state index in [9.17, 15) is 9.59 Å². The Bertz CT molecular complexity index is 350. The van der Waals surface area contributed by atoms with Gasteiger partial charge in [0.05, 0.1) is 5.41 Å². The van der Waals surface area contributed by atoms with Crippen molar-refractivity contribution < 1.29 is 14.7 Å². The van der Waals surface area contributed by atoms with E-state index in [0.29, 0.717) is 25.9 Å². The number of carboxylic acid groups (broad SMARTS) is 1. The first-order valence-electron chi connectivity index (χ1n) is 5.81. The van der Waals surface area contributed by atoms with Gasteiger partial charge in [-0.05, 0) is 26.7 Å². The van der Waals surface area contributed by atoms with Crippen LogP contribution in [0, 0.1) is 5.41 Å². The number of aliphatic carboxylic acids is 1. The predicted octanol–water partition coefficient (Wildman–Crippen LogP) is 1.83. The molecule has 0 radical (unpaired) electrons. The second kappa shape index (κ2) is 5.66. The quantitative estimate of drug-likeness (QED) is 0.602. The van der Waals surface area contributed by atoms with Gasteiger partial charge in [0.1, 0.15) is 0 Å². The SMILES string of the molecule is CC=CC=CC(=O)N1CCC(C)(C(=O)O)CC1. The van der Waals surface area contributed by atoms with Gasteiger partial charge in [0.25, 0.3) is 0 Å². The molecular formula is C13H19NO3. The van der Waals surface area contributed by atoms with Crippen LogP contribution in [-0.2, 0) is 9.59 Å². The van der Waals surface area contributed by atoms with E-state index < -0.39 is 11.4 Å². The molecule has 1 fully saturated rings.